The molecule has 0 spiro atoms. The highest BCUT2D eigenvalue weighted by atomic mass is 16.5. The fraction of sp³-hybridized carbons (Fsp3) is 0.600. The molecule has 1 aliphatic heterocycles. The summed E-state index contributed by atoms with van der Waals surface area (Å²) in [6.07, 6.45) is 3.77. The number of rotatable bonds is 7. The Morgan fingerprint density at radius 1 is 1.24 bits per heavy atom. The van der Waals surface area contributed by atoms with Gasteiger partial charge in [-0.1, -0.05) is 37.3 Å². The van der Waals surface area contributed by atoms with Gasteiger partial charge in [0.05, 0.1) is 6.61 Å². The van der Waals surface area contributed by atoms with Gasteiger partial charge in [-0.25, -0.2) is 0 Å². The van der Waals surface area contributed by atoms with Crippen LogP contribution in [0.5, 0.6) is 0 Å². The van der Waals surface area contributed by atoms with Crippen molar-refractivity contribution in [3.8, 4) is 0 Å². The van der Waals surface area contributed by atoms with E-state index in [0.29, 0.717) is 5.41 Å². The highest BCUT2D eigenvalue weighted by molar-refractivity contribution is 5.13. The van der Waals surface area contributed by atoms with E-state index in [0.717, 1.165) is 13.2 Å². The molecule has 1 aliphatic rings. The van der Waals surface area contributed by atoms with Crippen LogP contribution in [0.4, 0.5) is 0 Å². The summed E-state index contributed by atoms with van der Waals surface area (Å²) in [6, 6.07) is 10.4. The average molecular weight is 233 g/mol. The number of nitrogens with one attached hydrogen (secondary N) is 1. The van der Waals surface area contributed by atoms with Crippen LogP contribution in [0.25, 0.3) is 0 Å². The van der Waals surface area contributed by atoms with Gasteiger partial charge in [0.1, 0.15) is 0 Å². The van der Waals surface area contributed by atoms with E-state index >= 15 is 0 Å². The van der Waals surface area contributed by atoms with E-state index in [2.05, 4.69) is 36.5 Å². The zero-order valence-electron chi connectivity index (χ0n) is 10.7. The van der Waals surface area contributed by atoms with E-state index in [4.69, 9.17) is 4.74 Å². The zero-order valence-corrected chi connectivity index (χ0v) is 10.7. The van der Waals surface area contributed by atoms with Gasteiger partial charge in [0, 0.05) is 19.7 Å². The lowest BCUT2D eigenvalue weighted by Gasteiger charge is -2.42. The maximum atomic E-state index is 5.71. The molecular weight excluding hydrogens is 210 g/mol. The smallest absolute Gasteiger partial charge is 0.0716 e. The van der Waals surface area contributed by atoms with Crippen LogP contribution in [0.15, 0.2) is 30.3 Å². The van der Waals surface area contributed by atoms with Crippen LogP contribution in [0, 0.1) is 5.41 Å². The summed E-state index contributed by atoms with van der Waals surface area (Å²) in [6.45, 7) is 6.32. The third-order valence-corrected chi connectivity index (χ3v) is 3.86. The molecule has 0 bridgehead atoms. The minimum atomic E-state index is 0.579. The first-order valence-electron chi connectivity index (χ1n) is 6.67. The first kappa shape index (κ1) is 12.6. The van der Waals surface area contributed by atoms with Crippen LogP contribution in [-0.2, 0) is 11.3 Å². The van der Waals surface area contributed by atoms with Gasteiger partial charge in [0.15, 0.2) is 0 Å². The van der Waals surface area contributed by atoms with Gasteiger partial charge >= 0.3 is 0 Å². The highest BCUT2D eigenvalue weighted by Gasteiger charge is 2.33. The molecule has 0 amide bonds. The minimum Gasteiger partial charge on any atom is -0.377 e. The summed E-state index contributed by atoms with van der Waals surface area (Å²) < 4.78 is 5.71. The van der Waals surface area contributed by atoms with E-state index in [-0.39, 0.29) is 0 Å². The average Bonchev–Trinajstić information content (AvgIpc) is 2.33. The van der Waals surface area contributed by atoms with Crippen molar-refractivity contribution in [1.82, 2.24) is 5.32 Å². The van der Waals surface area contributed by atoms with E-state index in [1.807, 2.05) is 6.07 Å². The molecule has 0 atom stereocenters. The molecule has 1 N–H and O–H groups in total. The van der Waals surface area contributed by atoms with Crippen molar-refractivity contribution in [1.29, 1.82) is 0 Å². The van der Waals surface area contributed by atoms with Gasteiger partial charge in [-0.2, -0.15) is 0 Å². The molecule has 2 heteroatoms. The quantitative estimate of drug-likeness (QED) is 0.731. The van der Waals surface area contributed by atoms with E-state index in [9.17, 15) is 0 Å². The summed E-state index contributed by atoms with van der Waals surface area (Å²) in [5, 5.41) is 3.38. The van der Waals surface area contributed by atoms with Gasteiger partial charge in [-0.3, -0.25) is 0 Å². The third kappa shape index (κ3) is 3.55. The van der Waals surface area contributed by atoms with Gasteiger partial charge in [-0.05, 0) is 30.2 Å². The van der Waals surface area contributed by atoms with Crippen molar-refractivity contribution < 1.29 is 4.74 Å². The van der Waals surface area contributed by atoms with E-state index < -0.39 is 0 Å². The maximum absolute atomic E-state index is 5.71. The normalized spacial score (nSPS) is 17.7. The number of hydrogen-bond acceptors (Lipinski definition) is 2. The Kier molecular flexibility index (Phi) is 4.57. The van der Waals surface area contributed by atoms with Crippen LogP contribution in [-0.4, -0.2) is 19.7 Å². The molecule has 1 aromatic rings. The number of hydrogen-bond donors (Lipinski definition) is 1. The summed E-state index contributed by atoms with van der Waals surface area (Å²) in [5.74, 6) is 0. The maximum Gasteiger partial charge on any atom is 0.0716 e. The molecule has 0 aliphatic carbocycles. The SMILES string of the molecule is CCC1(CCCOCc2ccccc2)CNC1. The van der Waals surface area contributed by atoms with Crippen LogP contribution in [0.3, 0.4) is 0 Å². The van der Waals surface area contributed by atoms with Gasteiger partial charge < -0.3 is 10.1 Å². The zero-order chi connectivity index (χ0) is 12.0. The summed E-state index contributed by atoms with van der Waals surface area (Å²) >= 11 is 0. The fourth-order valence-corrected chi connectivity index (χ4v) is 2.40. The van der Waals surface area contributed by atoms with Crippen LogP contribution >= 0.6 is 0 Å². The first-order chi connectivity index (χ1) is 8.35. The second kappa shape index (κ2) is 6.18. The minimum absolute atomic E-state index is 0.579. The van der Waals surface area contributed by atoms with Crippen LogP contribution < -0.4 is 5.32 Å². The summed E-state index contributed by atoms with van der Waals surface area (Å²) in [4.78, 5) is 0. The predicted octanol–water partition coefficient (Wildman–Crippen LogP) is 2.98. The molecule has 2 nitrogen and oxygen atoms in total. The first-order valence-corrected chi connectivity index (χ1v) is 6.67. The second-order valence-corrected chi connectivity index (χ2v) is 5.10. The van der Waals surface area contributed by atoms with Crippen molar-refractivity contribution >= 4 is 0 Å². The largest absolute Gasteiger partial charge is 0.377 e. The Morgan fingerprint density at radius 2 is 2.00 bits per heavy atom. The predicted molar refractivity (Wildman–Crippen MR) is 70.9 cm³/mol. The lowest BCUT2D eigenvalue weighted by molar-refractivity contribution is 0.0856. The van der Waals surface area contributed by atoms with Crippen molar-refractivity contribution in [3.63, 3.8) is 0 Å². The molecule has 2 rings (SSSR count). The molecular formula is C15H23NO. The Morgan fingerprint density at radius 3 is 2.59 bits per heavy atom. The molecule has 94 valence electrons. The topological polar surface area (TPSA) is 21.3 Å². The van der Waals surface area contributed by atoms with Gasteiger partial charge in [0.2, 0.25) is 0 Å². The Bertz CT molecular complexity index is 313. The molecule has 17 heavy (non-hydrogen) atoms. The van der Waals surface area contributed by atoms with Crippen LogP contribution in [0.2, 0.25) is 0 Å². The molecule has 0 aromatic heterocycles. The van der Waals surface area contributed by atoms with E-state index in [1.165, 1.54) is 37.9 Å². The van der Waals surface area contributed by atoms with Crippen molar-refractivity contribution in [2.75, 3.05) is 19.7 Å². The third-order valence-electron chi connectivity index (χ3n) is 3.86. The standard InChI is InChI=1S/C15H23NO/c1-2-15(12-16-13-15)9-6-10-17-11-14-7-4-3-5-8-14/h3-5,7-8,16H,2,6,9-13H2,1H3. The van der Waals surface area contributed by atoms with Gasteiger partial charge in [0.25, 0.3) is 0 Å². The second-order valence-electron chi connectivity index (χ2n) is 5.10. The molecule has 1 saturated heterocycles. The molecule has 0 unspecified atom stereocenters. The number of ether oxygens (including phenoxy) is 1. The molecule has 1 aromatic carbocycles. The van der Waals surface area contributed by atoms with E-state index in [1.54, 1.807) is 0 Å². The molecule has 0 radical (unpaired) electrons. The Balaban J connectivity index is 1.58. The summed E-state index contributed by atoms with van der Waals surface area (Å²) in [7, 11) is 0. The van der Waals surface area contributed by atoms with Crippen molar-refractivity contribution in [3.05, 3.63) is 35.9 Å². The van der Waals surface area contributed by atoms with Crippen LogP contribution in [0.1, 0.15) is 31.7 Å². The monoisotopic (exact) mass is 233 g/mol. The van der Waals surface area contributed by atoms with Gasteiger partial charge in [-0.15, -0.1) is 0 Å². The Hall–Kier alpha value is -0.860. The molecule has 1 heterocycles. The Labute approximate surface area is 104 Å². The summed E-state index contributed by atoms with van der Waals surface area (Å²) in [5.41, 5.74) is 1.85. The highest BCUT2D eigenvalue weighted by Crippen LogP contribution is 2.31. The molecule has 1 fully saturated rings. The molecule has 0 saturated carbocycles. The fourth-order valence-electron chi connectivity index (χ4n) is 2.40. The van der Waals surface area contributed by atoms with Crippen molar-refractivity contribution in [2.45, 2.75) is 32.8 Å². The lowest BCUT2D eigenvalue weighted by atomic mass is 9.75. The lowest BCUT2D eigenvalue weighted by Crippen LogP contribution is -2.53. The van der Waals surface area contributed by atoms with Crippen molar-refractivity contribution in [2.24, 2.45) is 5.41 Å². The number of benzene rings is 1.